The van der Waals surface area contributed by atoms with E-state index in [1.54, 1.807) is 12.1 Å². The standard InChI is InChI=1S/C16H26FNO2/c1-3-5-10-19-11-12-20-16(15(18)4-2)13-6-8-14(17)9-7-13/h6-9,15-16H,3-5,10-12,18H2,1-2H3. The van der Waals surface area contributed by atoms with Crippen LogP contribution < -0.4 is 5.73 Å². The molecule has 0 bridgehead atoms. The molecule has 0 aliphatic heterocycles. The smallest absolute Gasteiger partial charge is 0.123 e. The van der Waals surface area contributed by atoms with E-state index in [1.807, 2.05) is 6.92 Å². The predicted molar refractivity (Wildman–Crippen MR) is 79.1 cm³/mol. The summed E-state index contributed by atoms with van der Waals surface area (Å²) in [6.07, 6.45) is 2.78. The van der Waals surface area contributed by atoms with Crippen molar-refractivity contribution in [2.75, 3.05) is 19.8 Å². The Morgan fingerprint density at radius 2 is 1.80 bits per heavy atom. The lowest BCUT2D eigenvalue weighted by Crippen LogP contribution is -2.30. The zero-order valence-electron chi connectivity index (χ0n) is 12.5. The van der Waals surface area contributed by atoms with Gasteiger partial charge in [0, 0.05) is 12.6 Å². The summed E-state index contributed by atoms with van der Waals surface area (Å²) in [5, 5.41) is 0. The molecule has 4 heteroatoms. The van der Waals surface area contributed by atoms with Crippen molar-refractivity contribution in [2.24, 2.45) is 5.73 Å². The number of hydrogen-bond donors (Lipinski definition) is 1. The van der Waals surface area contributed by atoms with Crippen LogP contribution in [0.3, 0.4) is 0 Å². The summed E-state index contributed by atoms with van der Waals surface area (Å²) in [5.41, 5.74) is 7.00. The van der Waals surface area contributed by atoms with Crippen LogP contribution in [0.15, 0.2) is 24.3 Å². The van der Waals surface area contributed by atoms with Crippen LogP contribution in [0.4, 0.5) is 4.39 Å². The first kappa shape index (κ1) is 17.1. The van der Waals surface area contributed by atoms with Crippen LogP contribution in [0, 0.1) is 5.82 Å². The molecule has 0 spiro atoms. The Kier molecular flexibility index (Phi) is 8.42. The maximum atomic E-state index is 13.0. The van der Waals surface area contributed by atoms with Crippen molar-refractivity contribution in [1.29, 1.82) is 0 Å². The predicted octanol–water partition coefficient (Wildman–Crippen LogP) is 3.44. The molecular weight excluding hydrogens is 257 g/mol. The monoisotopic (exact) mass is 283 g/mol. The fourth-order valence-corrected chi connectivity index (χ4v) is 1.92. The lowest BCUT2D eigenvalue weighted by molar-refractivity contribution is -0.00823. The molecule has 0 amide bonds. The second kappa shape index (κ2) is 9.86. The molecule has 2 N–H and O–H groups in total. The number of unbranched alkanes of at least 4 members (excludes halogenated alkanes) is 1. The fourth-order valence-electron chi connectivity index (χ4n) is 1.92. The maximum absolute atomic E-state index is 13.0. The second-order valence-electron chi connectivity index (χ2n) is 4.88. The number of benzene rings is 1. The van der Waals surface area contributed by atoms with Gasteiger partial charge in [0.2, 0.25) is 0 Å². The van der Waals surface area contributed by atoms with Gasteiger partial charge in [0.25, 0.3) is 0 Å². The van der Waals surface area contributed by atoms with Crippen molar-refractivity contribution in [1.82, 2.24) is 0 Å². The zero-order chi connectivity index (χ0) is 14.8. The summed E-state index contributed by atoms with van der Waals surface area (Å²) in [4.78, 5) is 0. The Morgan fingerprint density at radius 3 is 2.40 bits per heavy atom. The average molecular weight is 283 g/mol. The van der Waals surface area contributed by atoms with Crippen molar-refractivity contribution in [3.05, 3.63) is 35.6 Å². The Bertz CT molecular complexity index is 356. The number of rotatable bonds is 10. The van der Waals surface area contributed by atoms with Gasteiger partial charge in [0.15, 0.2) is 0 Å². The molecule has 0 fully saturated rings. The highest BCUT2D eigenvalue weighted by Crippen LogP contribution is 2.22. The largest absolute Gasteiger partial charge is 0.379 e. The minimum absolute atomic E-state index is 0.101. The molecule has 2 atom stereocenters. The third-order valence-electron chi connectivity index (χ3n) is 3.23. The summed E-state index contributed by atoms with van der Waals surface area (Å²) in [6, 6.07) is 6.23. The lowest BCUT2D eigenvalue weighted by atomic mass is 10.0. The molecule has 0 radical (unpaired) electrons. The Morgan fingerprint density at radius 1 is 1.10 bits per heavy atom. The summed E-state index contributed by atoms with van der Waals surface area (Å²) in [6.45, 7) is 5.97. The van der Waals surface area contributed by atoms with Crippen LogP contribution in [0.1, 0.15) is 44.8 Å². The van der Waals surface area contributed by atoms with Crippen molar-refractivity contribution >= 4 is 0 Å². The van der Waals surface area contributed by atoms with Crippen LogP contribution in [-0.4, -0.2) is 25.9 Å². The number of hydrogen-bond acceptors (Lipinski definition) is 3. The van der Waals surface area contributed by atoms with Crippen LogP contribution in [0.5, 0.6) is 0 Å². The SMILES string of the molecule is CCCCOCCOC(c1ccc(F)cc1)C(N)CC. The topological polar surface area (TPSA) is 44.5 Å². The number of ether oxygens (including phenoxy) is 2. The summed E-state index contributed by atoms with van der Waals surface area (Å²) < 4.78 is 24.3. The average Bonchev–Trinajstić information content (AvgIpc) is 2.47. The quantitative estimate of drug-likeness (QED) is 0.669. The number of halogens is 1. The first-order valence-electron chi connectivity index (χ1n) is 7.39. The van der Waals surface area contributed by atoms with Crippen molar-refractivity contribution in [3.63, 3.8) is 0 Å². The lowest BCUT2D eigenvalue weighted by Gasteiger charge is -2.24. The molecular formula is C16H26FNO2. The van der Waals surface area contributed by atoms with Gasteiger partial charge >= 0.3 is 0 Å². The molecule has 0 aliphatic carbocycles. The minimum atomic E-state index is -0.250. The van der Waals surface area contributed by atoms with E-state index >= 15 is 0 Å². The molecule has 0 aromatic heterocycles. The Hall–Kier alpha value is -0.970. The fraction of sp³-hybridized carbons (Fsp3) is 0.625. The summed E-state index contributed by atoms with van der Waals surface area (Å²) in [5.74, 6) is -0.250. The Balaban J connectivity index is 2.46. The first-order chi connectivity index (χ1) is 9.69. The van der Waals surface area contributed by atoms with Gasteiger partial charge < -0.3 is 15.2 Å². The highest BCUT2D eigenvalue weighted by Gasteiger charge is 2.19. The van der Waals surface area contributed by atoms with Gasteiger partial charge in [-0.25, -0.2) is 4.39 Å². The van der Waals surface area contributed by atoms with E-state index in [0.29, 0.717) is 13.2 Å². The van der Waals surface area contributed by atoms with E-state index < -0.39 is 0 Å². The van der Waals surface area contributed by atoms with E-state index in [4.69, 9.17) is 15.2 Å². The molecule has 0 saturated carbocycles. The third-order valence-corrected chi connectivity index (χ3v) is 3.23. The molecule has 1 rings (SSSR count). The number of nitrogens with two attached hydrogens (primary N) is 1. The van der Waals surface area contributed by atoms with Crippen molar-refractivity contribution in [3.8, 4) is 0 Å². The van der Waals surface area contributed by atoms with Crippen LogP contribution >= 0.6 is 0 Å². The summed E-state index contributed by atoms with van der Waals surface area (Å²) in [7, 11) is 0. The van der Waals surface area contributed by atoms with Crippen LogP contribution in [0.2, 0.25) is 0 Å². The van der Waals surface area contributed by atoms with Gasteiger partial charge in [-0.05, 0) is 30.5 Å². The molecule has 2 unspecified atom stereocenters. The molecule has 1 aromatic rings. The van der Waals surface area contributed by atoms with Gasteiger partial charge in [-0.15, -0.1) is 0 Å². The second-order valence-corrected chi connectivity index (χ2v) is 4.88. The highest BCUT2D eigenvalue weighted by molar-refractivity contribution is 5.20. The highest BCUT2D eigenvalue weighted by atomic mass is 19.1. The van der Waals surface area contributed by atoms with Gasteiger partial charge in [-0.2, -0.15) is 0 Å². The molecule has 0 heterocycles. The van der Waals surface area contributed by atoms with E-state index in [2.05, 4.69) is 6.92 Å². The van der Waals surface area contributed by atoms with Crippen LogP contribution in [-0.2, 0) is 9.47 Å². The van der Waals surface area contributed by atoms with Gasteiger partial charge in [-0.3, -0.25) is 0 Å². The molecule has 0 saturated heterocycles. The zero-order valence-corrected chi connectivity index (χ0v) is 12.5. The van der Waals surface area contributed by atoms with Crippen molar-refractivity contribution in [2.45, 2.75) is 45.3 Å². The molecule has 3 nitrogen and oxygen atoms in total. The van der Waals surface area contributed by atoms with Crippen LogP contribution in [0.25, 0.3) is 0 Å². The van der Waals surface area contributed by atoms with E-state index in [1.165, 1.54) is 12.1 Å². The van der Waals surface area contributed by atoms with Gasteiger partial charge in [0.05, 0.1) is 19.3 Å². The minimum Gasteiger partial charge on any atom is -0.379 e. The molecule has 114 valence electrons. The van der Waals surface area contributed by atoms with Gasteiger partial charge in [-0.1, -0.05) is 32.4 Å². The van der Waals surface area contributed by atoms with E-state index in [9.17, 15) is 4.39 Å². The van der Waals surface area contributed by atoms with E-state index in [0.717, 1.165) is 31.4 Å². The maximum Gasteiger partial charge on any atom is 0.123 e. The van der Waals surface area contributed by atoms with Gasteiger partial charge in [0.1, 0.15) is 5.82 Å². The van der Waals surface area contributed by atoms with E-state index in [-0.39, 0.29) is 18.0 Å². The third kappa shape index (κ3) is 5.99. The molecule has 20 heavy (non-hydrogen) atoms. The van der Waals surface area contributed by atoms with Crippen molar-refractivity contribution < 1.29 is 13.9 Å². The summed E-state index contributed by atoms with van der Waals surface area (Å²) >= 11 is 0. The molecule has 0 aliphatic rings. The molecule has 1 aromatic carbocycles. The normalized spacial score (nSPS) is 14.2. The Labute approximate surface area is 121 Å². The first-order valence-corrected chi connectivity index (χ1v) is 7.39.